The van der Waals surface area contributed by atoms with Crippen molar-refractivity contribution in [1.29, 1.82) is 0 Å². The molecule has 1 N–H and O–H groups in total. The zero-order chi connectivity index (χ0) is 12.3. The van der Waals surface area contributed by atoms with Crippen LogP contribution >= 0.6 is 0 Å². The maximum Gasteiger partial charge on any atom is 0.216 e. The Hall–Kier alpha value is -0.650. The van der Waals surface area contributed by atoms with Crippen LogP contribution in [0.5, 0.6) is 0 Å². The molecule has 0 radical (unpaired) electrons. The molecule has 0 aromatic carbocycles. The van der Waals surface area contributed by atoms with E-state index >= 15 is 0 Å². The predicted octanol–water partition coefficient (Wildman–Crippen LogP) is 0.252. The monoisotopic (exact) mass is 244 g/mol. The highest BCUT2D eigenvalue weighted by atomic mass is 16.5. The molecule has 0 aromatic rings. The molecule has 0 saturated carbocycles. The Morgan fingerprint density at radius 2 is 1.76 bits per heavy atom. The van der Waals surface area contributed by atoms with E-state index in [4.69, 9.17) is 9.47 Å². The summed E-state index contributed by atoms with van der Waals surface area (Å²) in [5, 5.41) is 2.67. The van der Waals surface area contributed by atoms with Gasteiger partial charge in [0.1, 0.15) is 0 Å². The summed E-state index contributed by atoms with van der Waals surface area (Å²) in [6.07, 6.45) is 2.65. The van der Waals surface area contributed by atoms with E-state index in [9.17, 15) is 4.79 Å². The van der Waals surface area contributed by atoms with Gasteiger partial charge in [-0.2, -0.15) is 0 Å². The standard InChI is InChI=1S/C12H24N2O3/c1-12(15)13-4-8-16-10-11-17-9-7-14-5-2-3-6-14/h2-11H2,1H3,(H,13,15). The minimum Gasteiger partial charge on any atom is -0.378 e. The van der Waals surface area contributed by atoms with Crippen molar-refractivity contribution in [1.82, 2.24) is 10.2 Å². The van der Waals surface area contributed by atoms with Gasteiger partial charge >= 0.3 is 0 Å². The lowest BCUT2D eigenvalue weighted by molar-refractivity contribution is -0.119. The quantitative estimate of drug-likeness (QED) is 0.591. The fraction of sp³-hybridized carbons (Fsp3) is 0.917. The van der Waals surface area contributed by atoms with E-state index in [-0.39, 0.29) is 5.91 Å². The van der Waals surface area contributed by atoms with Crippen molar-refractivity contribution in [3.8, 4) is 0 Å². The van der Waals surface area contributed by atoms with E-state index < -0.39 is 0 Å². The first-order valence-electron chi connectivity index (χ1n) is 6.41. The van der Waals surface area contributed by atoms with Gasteiger partial charge in [0.15, 0.2) is 0 Å². The van der Waals surface area contributed by atoms with Crippen molar-refractivity contribution >= 4 is 5.91 Å². The van der Waals surface area contributed by atoms with Crippen molar-refractivity contribution in [2.75, 3.05) is 52.6 Å². The number of carbonyl (C=O) groups excluding carboxylic acids is 1. The highest BCUT2D eigenvalue weighted by molar-refractivity contribution is 5.72. The van der Waals surface area contributed by atoms with Crippen LogP contribution in [0, 0.1) is 0 Å². The van der Waals surface area contributed by atoms with E-state index in [0.717, 1.165) is 13.2 Å². The van der Waals surface area contributed by atoms with Gasteiger partial charge in [-0.1, -0.05) is 0 Å². The number of ether oxygens (including phenoxy) is 2. The number of nitrogens with zero attached hydrogens (tertiary/aromatic N) is 1. The van der Waals surface area contributed by atoms with Crippen molar-refractivity contribution in [3.63, 3.8) is 0 Å². The van der Waals surface area contributed by atoms with E-state index in [0.29, 0.717) is 26.4 Å². The molecule has 1 amide bonds. The Bertz CT molecular complexity index is 206. The van der Waals surface area contributed by atoms with Gasteiger partial charge < -0.3 is 19.7 Å². The van der Waals surface area contributed by atoms with Crippen LogP contribution in [0.1, 0.15) is 19.8 Å². The Kier molecular flexibility index (Phi) is 7.96. The number of nitrogens with one attached hydrogen (secondary N) is 1. The van der Waals surface area contributed by atoms with Crippen LogP contribution in [0.3, 0.4) is 0 Å². The molecule has 1 saturated heterocycles. The second-order valence-corrected chi connectivity index (χ2v) is 4.26. The molecule has 5 heteroatoms. The molecular weight excluding hydrogens is 220 g/mol. The SMILES string of the molecule is CC(=O)NCCOCCOCCN1CCCC1. The first-order valence-corrected chi connectivity index (χ1v) is 6.41. The largest absolute Gasteiger partial charge is 0.378 e. The second kappa shape index (κ2) is 9.39. The summed E-state index contributed by atoms with van der Waals surface area (Å²) < 4.78 is 10.8. The summed E-state index contributed by atoms with van der Waals surface area (Å²) in [5.41, 5.74) is 0. The van der Waals surface area contributed by atoms with Crippen LogP contribution in [-0.2, 0) is 14.3 Å². The summed E-state index contributed by atoms with van der Waals surface area (Å²) in [7, 11) is 0. The summed E-state index contributed by atoms with van der Waals surface area (Å²) in [6.45, 7) is 8.11. The maximum atomic E-state index is 10.5. The number of rotatable bonds is 9. The molecule has 17 heavy (non-hydrogen) atoms. The highest BCUT2D eigenvalue weighted by Gasteiger charge is 2.09. The molecule has 100 valence electrons. The third kappa shape index (κ3) is 8.12. The topological polar surface area (TPSA) is 50.8 Å². The molecule has 0 unspecified atom stereocenters. The first kappa shape index (κ1) is 14.4. The Morgan fingerprint density at radius 1 is 1.12 bits per heavy atom. The molecule has 5 nitrogen and oxygen atoms in total. The lowest BCUT2D eigenvalue weighted by Gasteiger charge is -2.14. The Morgan fingerprint density at radius 3 is 2.41 bits per heavy atom. The van der Waals surface area contributed by atoms with Crippen molar-refractivity contribution in [2.45, 2.75) is 19.8 Å². The van der Waals surface area contributed by atoms with Gasteiger partial charge in [-0.25, -0.2) is 0 Å². The van der Waals surface area contributed by atoms with Crippen LogP contribution in [-0.4, -0.2) is 63.4 Å². The third-order valence-electron chi connectivity index (χ3n) is 2.74. The smallest absolute Gasteiger partial charge is 0.216 e. The van der Waals surface area contributed by atoms with Crippen LogP contribution in [0.4, 0.5) is 0 Å². The molecule has 1 rings (SSSR count). The summed E-state index contributed by atoms with van der Waals surface area (Å²) in [4.78, 5) is 13.0. The van der Waals surface area contributed by atoms with Crippen molar-refractivity contribution < 1.29 is 14.3 Å². The second-order valence-electron chi connectivity index (χ2n) is 4.26. The Labute approximate surface area is 103 Å². The molecule has 0 aromatic heterocycles. The normalized spacial score (nSPS) is 16.3. The molecule has 0 bridgehead atoms. The zero-order valence-corrected chi connectivity index (χ0v) is 10.7. The predicted molar refractivity (Wildman–Crippen MR) is 66.0 cm³/mol. The first-order chi connectivity index (χ1) is 8.29. The number of hydrogen-bond acceptors (Lipinski definition) is 4. The molecule has 1 fully saturated rings. The fourth-order valence-electron chi connectivity index (χ4n) is 1.82. The lowest BCUT2D eigenvalue weighted by atomic mass is 10.4. The van der Waals surface area contributed by atoms with Gasteiger partial charge in [0, 0.05) is 20.0 Å². The molecule has 0 atom stereocenters. The summed E-state index contributed by atoms with van der Waals surface area (Å²) in [5.74, 6) is -0.0181. The third-order valence-corrected chi connectivity index (χ3v) is 2.74. The van der Waals surface area contributed by atoms with Gasteiger partial charge in [0.25, 0.3) is 0 Å². The summed E-state index contributed by atoms with van der Waals surface area (Å²) >= 11 is 0. The maximum absolute atomic E-state index is 10.5. The van der Waals surface area contributed by atoms with E-state index in [1.165, 1.54) is 32.9 Å². The van der Waals surface area contributed by atoms with Gasteiger partial charge in [-0.15, -0.1) is 0 Å². The molecule has 1 aliphatic rings. The number of amides is 1. The lowest BCUT2D eigenvalue weighted by Crippen LogP contribution is -2.26. The Balaban J connectivity index is 1.73. The van der Waals surface area contributed by atoms with Crippen LogP contribution in [0.15, 0.2) is 0 Å². The van der Waals surface area contributed by atoms with Gasteiger partial charge in [0.05, 0.1) is 26.4 Å². The van der Waals surface area contributed by atoms with E-state index in [2.05, 4.69) is 10.2 Å². The average molecular weight is 244 g/mol. The fourth-order valence-corrected chi connectivity index (χ4v) is 1.82. The minimum absolute atomic E-state index is 0.0181. The molecule has 0 spiro atoms. The minimum atomic E-state index is -0.0181. The molecule has 0 aliphatic carbocycles. The van der Waals surface area contributed by atoms with Crippen molar-refractivity contribution in [3.05, 3.63) is 0 Å². The number of carbonyl (C=O) groups is 1. The zero-order valence-electron chi connectivity index (χ0n) is 10.7. The van der Waals surface area contributed by atoms with Crippen LogP contribution in [0.25, 0.3) is 0 Å². The molecule has 1 heterocycles. The highest BCUT2D eigenvalue weighted by Crippen LogP contribution is 2.05. The van der Waals surface area contributed by atoms with E-state index in [1.807, 2.05) is 0 Å². The molecule has 1 aliphatic heterocycles. The molecular formula is C12H24N2O3. The van der Waals surface area contributed by atoms with Gasteiger partial charge in [-0.3, -0.25) is 4.79 Å². The van der Waals surface area contributed by atoms with Crippen molar-refractivity contribution in [2.24, 2.45) is 0 Å². The van der Waals surface area contributed by atoms with Gasteiger partial charge in [0.2, 0.25) is 5.91 Å². The number of hydrogen-bond donors (Lipinski definition) is 1. The van der Waals surface area contributed by atoms with E-state index in [1.54, 1.807) is 0 Å². The summed E-state index contributed by atoms with van der Waals surface area (Å²) in [6, 6.07) is 0. The van der Waals surface area contributed by atoms with Crippen LogP contribution in [0.2, 0.25) is 0 Å². The average Bonchev–Trinajstić information content (AvgIpc) is 2.79. The van der Waals surface area contributed by atoms with Gasteiger partial charge in [-0.05, 0) is 25.9 Å². The van der Waals surface area contributed by atoms with Crippen LogP contribution < -0.4 is 5.32 Å². The number of likely N-dealkylation sites (tertiary alicyclic amines) is 1.